The molecule has 1 amide bonds. The summed E-state index contributed by atoms with van der Waals surface area (Å²) in [5, 5.41) is 14.6. The van der Waals surface area contributed by atoms with Crippen LogP contribution in [0.15, 0.2) is 60.0 Å². The summed E-state index contributed by atoms with van der Waals surface area (Å²) in [6.07, 6.45) is 0.0162. The van der Waals surface area contributed by atoms with E-state index in [0.29, 0.717) is 41.1 Å². The number of fused-ring (bicyclic) bond motifs is 2. The molecular formula is C30H31F3N8O3. The van der Waals surface area contributed by atoms with Crippen molar-refractivity contribution in [3.8, 4) is 5.82 Å². The number of amides is 1. The van der Waals surface area contributed by atoms with E-state index in [1.165, 1.54) is 10.9 Å². The molecular weight excluding hydrogens is 577 g/mol. The van der Waals surface area contributed by atoms with Crippen LogP contribution in [0.3, 0.4) is 0 Å². The molecule has 11 nitrogen and oxygen atoms in total. The predicted octanol–water partition coefficient (Wildman–Crippen LogP) is 3.66. The Labute approximate surface area is 250 Å². The maximum Gasteiger partial charge on any atom is 0.471 e. The number of carbonyl (C=O) groups is 1. The number of benzene rings is 1. The third-order valence-corrected chi connectivity index (χ3v) is 8.29. The lowest BCUT2D eigenvalue weighted by Gasteiger charge is -2.36. The number of nitrogens with zero attached hydrogens (tertiary/aromatic N) is 7. The van der Waals surface area contributed by atoms with Crippen LogP contribution in [0.5, 0.6) is 0 Å². The van der Waals surface area contributed by atoms with Crippen molar-refractivity contribution in [3.05, 3.63) is 76.9 Å². The highest BCUT2D eigenvalue weighted by molar-refractivity contribution is 5.82. The Morgan fingerprint density at radius 3 is 2.50 bits per heavy atom. The number of pyridine rings is 1. The van der Waals surface area contributed by atoms with E-state index in [2.05, 4.69) is 21.9 Å². The first-order valence-corrected chi connectivity index (χ1v) is 14.3. The minimum absolute atomic E-state index is 0.0176. The van der Waals surface area contributed by atoms with Gasteiger partial charge in [0.2, 0.25) is 5.95 Å². The van der Waals surface area contributed by atoms with Gasteiger partial charge in [-0.15, -0.1) is 6.58 Å². The first-order chi connectivity index (χ1) is 21.0. The van der Waals surface area contributed by atoms with E-state index in [4.69, 9.17) is 4.98 Å². The van der Waals surface area contributed by atoms with Gasteiger partial charge in [-0.3, -0.25) is 9.59 Å². The van der Waals surface area contributed by atoms with E-state index < -0.39 is 17.7 Å². The second-order valence-corrected chi connectivity index (χ2v) is 10.9. The normalized spacial score (nSPS) is 18.5. The molecule has 0 saturated carbocycles. The van der Waals surface area contributed by atoms with Gasteiger partial charge in [-0.25, -0.2) is 19.3 Å². The van der Waals surface area contributed by atoms with Crippen molar-refractivity contribution in [2.24, 2.45) is 0 Å². The van der Waals surface area contributed by atoms with E-state index in [0.717, 1.165) is 22.6 Å². The molecule has 4 heterocycles. The molecule has 4 aromatic rings. The molecule has 1 aliphatic heterocycles. The largest absolute Gasteiger partial charge is 0.471 e. The summed E-state index contributed by atoms with van der Waals surface area (Å²) in [5.74, 6) is -1.13. The Bertz CT molecular complexity index is 1790. The smallest absolute Gasteiger partial charge is 0.384 e. The summed E-state index contributed by atoms with van der Waals surface area (Å²) in [5.41, 5.74) is 2.05. The zero-order valence-electron chi connectivity index (χ0n) is 24.0. The Balaban J connectivity index is 1.26. The summed E-state index contributed by atoms with van der Waals surface area (Å²) < 4.78 is 41.4. The fraction of sp³-hybridized carbons (Fsp3) is 0.367. The summed E-state index contributed by atoms with van der Waals surface area (Å²) in [7, 11) is 0. The van der Waals surface area contributed by atoms with Crippen LogP contribution < -0.4 is 15.8 Å². The van der Waals surface area contributed by atoms with Crippen molar-refractivity contribution >= 4 is 34.3 Å². The average molecular weight is 609 g/mol. The summed E-state index contributed by atoms with van der Waals surface area (Å²) in [4.78, 5) is 41.4. The Hall–Kier alpha value is -4.72. The zero-order valence-corrected chi connectivity index (χ0v) is 24.0. The molecule has 230 valence electrons. The summed E-state index contributed by atoms with van der Waals surface area (Å²) in [6, 6.07) is 11.0. The van der Waals surface area contributed by atoms with Gasteiger partial charge in [-0.2, -0.15) is 18.2 Å². The van der Waals surface area contributed by atoms with Crippen molar-refractivity contribution in [3.63, 3.8) is 0 Å². The van der Waals surface area contributed by atoms with Gasteiger partial charge >= 0.3 is 12.1 Å². The Morgan fingerprint density at radius 1 is 1.11 bits per heavy atom. The second-order valence-electron chi connectivity index (χ2n) is 10.9. The number of hydrogen-bond donors (Lipinski definition) is 2. The molecule has 1 aliphatic carbocycles. The number of aliphatic hydroxyl groups is 1. The lowest BCUT2D eigenvalue weighted by Crippen LogP contribution is -2.52. The van der Waals surface area contributed by atoms with Gasteiger partial charge in [0.05, 0.1) is 12.2 Å². The number of alkyl halides is 3. The van der Waals surface area contributed by atoms with Crippen molar-refractivity contribution in [2.75, 3.05) is 36.4 Å². The highest BCUT2D eigenvalue weighted by Crippen LogP contribution is 2.38. The second kappa shape index (κ2) is 11.1. The van der Waals surface area contributed by atoms with Crippen LogP contribution in [-0.2, 0) is 23.4 Å². The average Bonchev–Trinajstić information content (AvgIpc) is 3.50. The number of aryl methyl sites for hydroxylation is 1. The highest BCUT2D eigenvalue weighted by atomic mass is 19.4. The number of anilines is 3. The number of allylic oxidation sites excluding steroid dienone is 1. The molecule has 0 radical (unpaired) electrons. The maximum absolute atomic E-state index is 13.3. The third-order valence-electron chi connectivity index (χ3n) is 8.29. The number of rotatable bonds is 7. The molecule has 1 aromatic carbocycles. The van der Waals surface area contributed by atoms with E-state index in [9.17, 15) is 27.9 Å². The topological polar surface area (TPSA) is 121 Å². The lowest BCUT2D eigenvalue weighted by atomic mass is 9.98. The van der Waals surface area contributed by atoms with Crippen LogP contribution in [0.25, 0.3) is 16.9 Å². The van der Waals surface area contributed by atoms with Gasteiger partial charge < -0.3 is 20.2 Å². The molecule has 14 heteroatoms. The van der Waals surface area contributed by atoms with Crippen LogP contribution in [0, 0.1) is 0 Å². The van der Waals surface area contributed by atoms with Crippen molar-refractivity contribution < 1.29 is 23.1 Å². The number of halogens is 3. The van der Waals surface area contributed by atoms with E-state index in [1.54, 1.807) is 22.9 Å². The molecule has 1 fully saturated rings. The number of aromatic nitrogens is 5. The van der Waals surface area contributed by atoms with Crippen LogP contribution in [0.2, 0.25) is 0 Å². The molecule has 0 bridgehead atoms. The van der Waals surface area contributed by atoms with Gasteiger partial charge in [0, 0.05) is 43.8 Å². The standard InChI is InChI=1S/C30H31F3N8O3/c1-3-13-40-26(42)22-18-34-28(37-25(22)41(40)23-10-5-19-11-12-29(44,4-2)24(19)36-23)35-20-6-8-21(9-7-20)38-14-16-39(17-15-38)27(43)30(31,32)33/h3,5-10,18,44H,1,4,11-17H2,2H3,(H,34,35,37)/t29-/m1/s1. The monoisotopic (exact) mass is 608 g/mol. The van der Waals surface area contributed by atoms with Gasteiger partial charge in [0.25, 0.3) is 5.56 Å². The SMILES string of the molecule is C=CCn1c(=O)c2cnc(Nc3ccc(N4CCN(C(=O)C(F)(F)F)CC4)cc3)nc2n1-c1ccc2c(n1)[C@@](O)(CC)CC2. The number of nitrogens with one attached hydrogen (secondary N) is 1. The predicted molar refractivity (Wildman–Crippen MR) is 158 cm³/mol. The van der Waals surface area contributed by atoms with Crippen molar-refractivity contribution in [1.82, 2.24) is 29.2 Å². The van der Waals surface area contributed by atoms with Crippen molar-refractivity contribution in [1.29, 1.82) is 0 Å². The summed E-state index contributed by atoms with van der Waals surface area (Å²) in [6.45, 7) is 6.42. The van der Waals surface area contributed by atoms with Gasteiger partial charge in [0.1, 0.15) is 11.0 Å². The van der Waals surface area contributed by atoms with Crippen molar-refractivity contribution in [2.45, 2.75) is 44.5 Å². The number of carbonyl (C=O) groups excluding carboxylic acids is 1. The minimum atomic E-state index is -4.87. The highest BCUT2D eigenvalue weighted by Gasteiger charge is 2.43. The van der Waals surface area contributed by atoms with Gasteiger partial charge in [-0.1, -0.05) is 19.1 Å². The molecule has 1 saturated heterocycles. The van der Waals surface area contributed by atoms with E-state index >= 15 is 0 Å². The Morgan fingerprint density at radius 2 is 1.84 bits per heavy atom. The lowest BCUT2D eigenvalue weighted by molar-refractivity contribution is -0.185. The molecule has 0 unspecified atom stereocenters. The van der Waals surface area contributed by atoms with Gasteiger partial charge in [0.15, 0.2) is 11.5 Å². The molecule has 2 aliphatic rings. The van der Waals surface area contributed by atoms with Crippen LogP contribution in [0.4, 0.5) is 30.5 Å². The first-order valence-electron chi connectivity index (χ1n) is 14.3. The summed E-state index contributed by atoms with van der Waals surface area (Å²) >= 11 is 0. The van der Waals surface area contributed by atoms with Crippen LogP contribution in [0.1, 0.15) is 31.0 Å². The fourth-order valence-corrected chi connectivity index (χ4v) is 5.84. The maximum atomic E-state index is 13.3. The fourth-order valence-electron chi connectivity index (χ4n) is 5.84. The minimum Gasteiger partial charge on any atom is -0.384 e. The van der Waals surface area contributed by atoms with Crippen LogP contribution >= 0.6 is 0 Å². The van der Waals surface area contributed by atoms with E-state index in [-0.39, 0.29) is 44.2 Å². The molecule has 44 heavy (non-hydrogen) atoms. The molecule has 2 N–H and O–H groups in total. The molecule has 1 atom stereocenters. The molecule has 6 rings (SSSR count). The molecule has 0 spiro atoms. The van der Waals surface area contributed by atoms with E-state index in [1.807, 2.05) is 36.1 Å². The first kappa shape index (κ1) is 29.4. The quantitative estimate of drug-likeness (QED) is 0.305. The zero-order chi connectivity index (χ0) is 31.2. The number of piperazine rings is 1. The van der Waals surface area contributed by atoms with Crippen LogP contribution in [-0.4, -0.2) is 72.6 Å². The van der Waals surface area contributed by atoms with Gasteiger partial charge in [-0.05, 0) is 55.2 Å². The third kappa shape index (κ3) is 5.19. The molecule has 3 aromatic heterocycles. The number of hydrogen-bond acceptors (Lipinski definition) is 8. The Kier molecular flexibility index (Phi) is 7.40.